The molecule has 0 aliphatic rings. The third-order valence-corrected chi connectivity index (χ3v) is 6.11. The van der Waals surface area contributed by atoms with Crippen molar-refractivity contribution in [2.75, 3.05) is 13.2 Å². The molecule has 3 aromatic carbocycles. The van der Waals surface area contributed by atoms with Crippen LogP contribution in [0, 0.1) is 0 Å². The zero-order valence-corrected chi connectivity index (χ0v) is 20.2. The van der Waals surface area contributed by atoms with Gasteiger partial charge in [0.05, 0.1) is 4.83 Å². The van der Waals surface area contributed by atoms with Crippen LogP contribution in [-0.4, -0.2) is 22.9 Å². The first-order valence-corrected chi connectivity index (χ1v) is 11.7. The molecular formula is C24H24Br2ClNO. The molecule has 3 aromatic rings. The van der Waals surface area contributed by atoms with Gasteiger partial charge >= 0.3 is 0 Å². The lowest BCUT2D eigenvalue weighted by Crippen LogP contribution is -2.34. The lowest BCUT2D eigenvalue weighted by molar-refractivity contribution is 0.187. The lowest BCUT2D eigenvalue weighted by atomic mass is 10.1. The van der Waals surface area contributed by atoms with Gasteiger partial charge in [-0.15, -0.1) is 0 Å². The van der Waals surface area contributed by atoms with E-state index in [2.05, 4.69) is 98.3 Å². The molecule has 2 atom stereocenters. The highest BCUT2D eigenvalue weighted by Crippen LogP contribution is 2.25. The summed E-state index contributed by atoms with van der Waals surface area (Å²) in [6.45, 7) is 4.54. The summed E-state index contributed by atoms with van der Waals surface area (Å²) < 4.78 is 7.03. The van der Waals surface area contributed by atoms with Crippen molar-refractivity contribution >= 4 is 43.5 Å². The summed E-state index contributed by atoms with van der Waals surface area (Å²) in [7, 11) is 0. The Hall–Kier alpha value is -1.33. The molecule has 29 heavy (non-hydrogen) atoms. The van der Waals surface area contributed by atoms with E-state index in [1.165, 1.54) is 11.1 Å². The van der Waals surface area contributed by atoms with E-state index in [4.69, 9.17) is 16.3 Å². The smallest absolute Gasteiger partial charge is 0.120 e. The Bertz CT molecular complexity index is 889. The monoisotopic (exact) mass is 535 g/mol. The highest BCUT2D eigenvalue weighted by atomic mass is 79.9. The van der Waals surface area contributed by atoms with Gasteiger partial charge in [0.15, 0.2) is 0 Å². The van der Waals surface area contributed by atoms with Crippen LogP contribution in [0.3, 0.4) is 0 Å². The van der Waals surface area contributed by atoms with Crippen molar-refractivity contribution < 1.29 is 4.74 Å². The highest BCUT2D eigenvalue weighted by Gasteiger charge is 2.20. The second-order valence-electron chi connectivity index (χ2n) is 7.01. The van der Waals surface area contributed by atoms with Crippen LogP contribution in [0.1, 0.15) is 24.1 Å². The van der Waals surface area contributed by atoms with E-state index in [1.807, 2.05) is 24.3 Å². The number of halogens is 3. The zero-order valence-electron chi connectivity index (χ0n) is 16.3. The Labute approximate surface area is 195 Å². The fourth-order valence-electron chi connectivity index (χ4n) is 3.18. The van der Waals surface area contributed by atoms with E-state index < -0.39 is 0 Å². The largest absolute Gasteiger partial charge is 0.492 e. The standard InChI is InChI=1S/C24H24Br2ClNO/c1-18(20-6-3-2-4-7-20)28(15-19-10-12-21(25)13-11-19)16-22(26)17-29-24-9-5-8-23(27)14-24/h2-14,18,22H,15-17H2,1H3/t18-,22-/m1/s1. The molecule has 0 heterocycles. The van der Waals surface area contributed by atoms with Gasteiger partial charge in [0, 0.05) is 28.6 Å². The minimum absolute atomic E-state index is 0.183. The summed E-state index contributed by atoms with van der Waals surface area (Å²) in [5.74, 6) is 0.789. The fourth-order valence-corrected chi connectivity index (χ4v) is 4.13. The third-order valence-electron chi connectivity index (χ3n) is 4.79. The zero-order chi connectivity index (χ0) is 20.6. The molecule has 0 bridgehead atoms. The molecule has 0 amide bonds. The summed E-state index contributed by atoms with van der Waals surface area (Å²) in [5, 5.41) is 0.684. The molecule has 0 fully saturated rings. The van der Waals surface area contributed by atoms with Gasteiger partial charge in [0.1, 0.15) is 12.4 Å². The number of rotatable bonds is 9. The normalized spacial score (nSPS) is 13.3. The first-order chi connectivity index (χ1) is 14.0. The molecule has 0 spiro atoms. The van der Waals surface area contributed by atoms with Gasteiger partial charge in [-0.05, 0) is 48.4 Å². The average Bonchev–Trinajstić information content (AvgIpc) is 2.73. The molecule has 0 aliphatic carbocycles. The Balaban J connectivity index is 1.68. The van der Waals surface area contributed by atoms with E-state index in [1.54, 1.807) is 0 Å². The molecule has 2 nitrogen and oxygen atoms in total. The molecule has 0 unspecified atom stereocenters. The minimum Gasteiger partial charge on any atom is -0.492 e. The summed E-state index contributed by atoms with van der Waals surface area (Å²) in [4.78, 5) is 2.65. The van der Waals surface area contributed by atoms with Crippen molar-refractivity contribution in [1.29, 1.82) is 0 Å². The summed E-state index contributed by atoms with van der Waals surface area (Å²) in [5.41, 5.74) is 2.59. The minimum atomic E-state index is 0.183. The van der Waals surface area contributed by atoms with Crippen LogP contribution in [0.2, 0.25) is 5.02 Å². The van der Waals surface area contributed by atoms with Gasteiger partial charge in [-0.2, -0.15) is 0 Å². The van der Waals surface area contributed by atoms with Gasteiger partial charge in [0.25, 0.3) is 0 Å². The van der Waals surface area contributed by atoms with Gasteiger partial charge in [0.2, 0.25) is 0 Å². The van der Waals surface area contributed by atoms with E-state index in [9.17, 15) is 0 Å². The van der Waals surface area contributed by atoms with E-state index >= 15 is 0 Å². The van der Waals surface area contributed by atoms with Gasteiger partial charge in [-0.25, -0.2) is 0 Å². The van der Waals surface area contributed by atoms with Crippen LogP contribution in [0.25, 0.3) is 0 Å². The number of nitrogens with zero attached hydrogens (tertiary/aromatic N) is 1. The maximum absolute atomic E-state index is 6.05. The van der Waals surface area contributed by atoms with Crippen molar-refractivity contribution in [3.8, 4) is 5.75 Å². The highest BCUT2D eigenvalue weighted by molar-refractivity contribution is 9.10. The average molecular weight is 538 g/mol. The molecule has 152 valence electrons. The quantitative estimate of drug-likeness (QED) is 0.262. The second kappa shape index (κ2) is 11.2. The third kappa shape index (κ3) is 7.14. The lowest BCUT2D eigenvalue weighted by Gasteiger charge is -2.31. The van der Waals surface area contributed by atoms with Crippen molar-refractivity contribution in [1.82, 2.24) is 4.90 Å². The topological polar surface area (TPSA) is 12.5 Å². The Morgan fingerprint density at radius 2 is 1.69 bits per heavy atom. The Morgan fingerprint density at radius 3 is 2.38 bits per heavy atom. The Morgan fingerprint density at radius 1 is 0.966 bits per heavy atom. The maximum Gasteiger partial charge on any atom is 0.120 e. The molecule has 0 saturated heterocycles. The molecule has 5 heteroatoms. The van der Waals surface area contributed by atoms with Crippen LogP contribution in [0.4, 0.5) is 0 Å². The number of hydrogen-bond donors (Lipinski definition) is 0. The van der Waals surface area contributed by atoms with E-state index in [-0.39, 0.29) is 10.9 Å². The number of benzene rings is 3. The van der Waals surface area contributed by atoms with E-state index in [0.717, 1.165) is 23.3 Å². The first kappa shape index (κ1) is 22.4. The number of hydrogen-bond acceptors (Lipinski definition) is 2. The number of alkyl halides is 1. The molecule has 0 aliphatic heterocycles. The first-order valence-electron chi connectivity index (χ1n) is 9.57. The predicted molar refractivity (Wildman–Crippen MR) is 129 cm³/mol. The van der Waals surface area contributed by atoms with Crippen LogP contribution < -0.4 is 4.74 Å². The van der Waals surface area contributed by atoms with Crippen molar-refractivity contribution in [2.45, 2.75) is 24.3 Å². The Kier molecular flexibility index (Phi) is 8.61. The van der Waals surface area contributed by atoms with E-state index in [0.29, 0.717) is 11.6 Å². The van der Waals surface area contributed by atoms with Crippen molar-refractivity contribution in [2.24, 2.45) is 0 Å². The van der Waals surface area contributed by atoms with Crippen LogP contribution in [-0.2, 0) is 6.54 Å². The molecule has 0 aromatic heterocycles. The van der Waals surface area contributed by atoms with Gasteiger partial charge in [-0.3, -0.25) is 4.90 Å². The fraction of sp³-hybridized carbons (Fsp3) is 0.250. The van der Waals surface area contributed by atoms with Crippen LogP contribution in [0.15, 0.2) is 83.3 Å². The summed E-state index contributed by atoms with van der Waals surface area (Å²) in [6, 6.07) is 26.9. The molecule has 0 saturated carbocycles. The van der Waals surface area contributed by atoms with Crippen LogP contribution in [0.5, 0.6) is 5.75 Å². The van der Waals surface area contributed by atoms with Crippen molar-refractivity contribution in [3.63, 3.8) is 0 Å². The maximum atomic E-state index is 6.05. The van der Waals surface area contributed by atoms with Gasteiger partial charge in [-0.1, -0.05) is 92.0 Å². The second-order valence-corrected chi connectivity index (χ2v) is 9.66. The SMILES string of the molecule is C[C@H](c1ccccc1)N(Cc1ccc(Br)cc1)C[C@@H](Br)COc1cccc(Cl)c1. The van der Waals surface area contributed by atoms with Crippen molar-refractivity contribution in [3.05, 3.63) is 99.5 Å². The molecule has 0 radical (unpaired) electrons. The number of ether oxygens (including phenoxy) is 1. The molecule has 0 N–H and O–H groups in total. The summed E-state index contributed by atoms with van der Waals surface area (Å²) in [6.07, 6.45) is 0. The van der Waals surface area contributed by atoms with Crippen LogP contribution >= 0.6 is 43.5 Å². The molecular weight excluding hydrogens is 514 g/mol. The molecule has 3 rings (SSSR count). The predicted octanol–water partition coefficient (Wildman–Crippen LogP) is 7.51. The summed E-state index contributed by atoms with van der Waals surface area (Å²) >= 11 is 13.4. The van der Waals surface area contributed by atoms with Gasteiger partial charge < -0.3 is 4.74 Å².